The van der Waals surface area contributed by atoms with Crippen molar-refractivity contribution < 1.29 is 9.59 Å². The minimum atomic E-state index is -0.531. The van der Waals surface area contributed by atoms with Gasteiger partial charge in [-0.15, -0.1) is 11.8 Å². The number of aryl methyl sites for hydroxylation is 1. The molecule has 4 nitrogen and oxygen atoms in total. The van der Waals surface area contributed by atoms with Gasteiger partial charge in [0, 0.05) is 23.9 Å². The number of amides is 2. The predicted octanol–water partition coefficient (Wildman–Crippen LogP) is 4.83. The second-order valence-corrected chi connectivity index (χ2v) is 8.45. The molecule has 0 spiro atoms. The van der Waals surface area contributed by atoms with Crippen LogP contribution in [-0.4, -0.2) is 35.1 Å². The van der Waals surface area contributed by atoms with Crippen molar-refractivity contribution in [3.63, 3.8) is 0 Å². The first kappa shape index (κ1) is 23.3. The Hall–Kier alpha value is -1.98. The van der Waals surface area contributed by atoms with Gasteiger partial charge < -0.3 is 10.2 Å². The predicted molar refractivity (Wildman–Crippen MR) is 122 cm³/mol. The summed E-state index contributed by atoms with van der Waals surface area (Å²) in [5.74, 6) is 0.771. The molecule has 0 radical (unpaired) electrons. The number of carbonyl (C=O) groups excluding carboxylic acids is 2. The highest BCUT2D eigenvalue weighted by molar-refractivity contribution is 7.99. The summed E-state index contributed by atoms with van der Waals surface area (Å²) in [5.41, 5.74) is 3.18. The third-order valence-electron chi connectivity index (χ3n) is 4.63. The number of nitrogens with zero attached hydrogens (tertiary/aromatic N) is 1. The largest absolute Gasteiger partial charge is 0.354 e. The zero-order valence-electron chi connectivity index (χ0n) is 17.3. The average molecular weight is 433 g/mol. The molecule has 0 heterocycles. The molecule has 1 atom stereocenters. The molecule has 2 aromatic carbocycles. The Morgan fingerprint density at radius 2 is 1.83 bits per heavy atom. The standard InChI is InChI=1S/C23H29ClN2O2S/c1-4-13-25-23(28)18(3)26(14-19-11-9-17(2)10-12-19)22(27)16-29-15-20-7-5-6-8-21(20)24/h5-12,18H,4,13-16H2,1-3H3,(H,25,28)/t18-/m0/s1. The lowest BCUT2D eigenvalue weighted by Crippen LogP contribution is -2.48. The fourth-order valence-corrected chi connectivity index (χ4v) is 4.01. The quantitative estimate of drug-likeness (QED) is 0.585. The summed E-state index contributed by atoms with van der Waals surface area (Å²) in [4.78, 5) is 27.2. The Morgan fingerprint density at radius 1 is 1.14 bits per heavy atom. The van der Waals surface area contributed by atoms with E-state index in [9.17, 15) is 9.59 Å². The number of rotatable bonds is 10. The molecule has 0 unspecified atom stereocenters. The summed E-state index contributed by atoms with van der Waals surface area (Å²) in [6.07, 6.45) is 0.859. The molecule has 2 aromatic rings. The fourth-order valence-electron chi connectivity index (χ4n) is 2.82. The van der Waals surface area contributed by atoms with Gasteiger partial charge in [-0.25, -0.2) is 0 Å². The number of carbonyl (C=O) groups is 2. The smallest absolute Gasteiger partial charge is 0.242 e. The van der Waals surface area contributed by atoms with Crippen molar-refractivity contribution in [2.45, 2.75) is 45.5 Å². The van der Waals surface area contributed by atoms with Gasteiger partial charge in [-0.3, -0.25) is 9.59 Å². The lowest BCUT2D eigenvalue weighted by Gasteiger charge is -2.29. The molecule has 29 heavy (non-hydrogen) atoms. The minimum absolute atomic E-state index is 0.0539. The topological polar surface area (TPSA) is 49.4 Å². The second kappa shape index (κ2) is 11.9. The summed E-state index contributed by atoms with van der Waals surface area (Å²) in [5, 5.41) is 3.60. The Morgan fingerprint density at radius 3 is 2.48 bits per heavy atom. The Kier molecular flexibility index (Phi) is 9.55. The van der Waals surface area contributed by atoms with E-state index in [2.05, 4.69) is 5.32 Å². The number of hydrogen-bond donors (Lipinski definition) is 1. The maximum atomic E-state index is 13.0. The summed E-state index contributed by atoms with van der Waals surface area (Å²) in [6, 6.07) is 15.2. The number of nitrogens with one attached hydrogen (secondary N) is 1. The van der Waals surface area contributed by atoms with Gasteiger partial charge in [0.05, 0.1) is 5.75 Å². The van der Waals surface area contributed by atoms with Gasteiger partial charge in [-0.05, 0) is 37.5 Å². The van der Waals surface area contributed by atoms with Crippen LogP contribution in [0.1, 0.15) is 37.0 Å². The number of thioether (sulfide) groups is 1. The van der Waals surface area contributed by atoms with Gasteiger partial charge in [-0.2, -0.15) is 0 Å². The molecule has 0 saturated carbocycles. The number of benzene rings is 2. The monoisotopic (exact) mass is 432 g/mol. The van der Waals surface area contributed by atoms with Gasteiger partial charge >= 0.3 is 0 Å². The molecule has 2 amide bonds. The van der Waals surface area contributed by atoms with Crippen LogP contribution in [0.3, 0.4) is 0 Å². The van der Waals surface area contributed by atoms with E-state index in [4.69, 9.17) is 11.6 Å². The highest BCUT2D eigenvalue weighted by Crippen LogP contribution is 2.21. The van der Waals surface area contributed by atoms with E-state index in [1.54, 1.807) is 11.8 Å². The molecular weight excluding hydrogens is 404 g/mol. The van der Waals surface area contributed by atoms with Crippen LogP contribution in [-0.2, 0) is 21.9 Å². The molecular formula is C23H29ClN2O2S. The summed E-state index contributed by atoms with van der Waals surface area (Å²) in [7, 11) is 0. The molecule has 0 aliphatic heterocycles. The van der Waals surface area contributed by atoms with Crippen LogP contribution in [0.5, 0.6) is 0 Å². The third-order valence-corrected chi connectivity index (χ3v) is 5.97. The van der Waals surface area contributed by atoms with Crippen LogP contribution in [0, 0.1) is 6.92 Å². The molecule has 0 saturated heterocycles. The van der Waals surface area contributed by atoms with E-state index in [1.807, 2.05) is 62.4 Å². The minimum Gasteiger partial charge on any atom is -0.354 e. The first-order valence-electron chi connectivity index (χ1n) is 9.86. The molecule has 6 heteroatoms. The number of halogens is 1. The SMILES string of the molecule is CCCNC(=O)[C@H](C)N(Cc1ccc(C)cc1)C(=O)CSCc1ccccc1Cl. The molecule has 1 N–H and O–H groups in total. The van der Waals surface area contributed by atoms with Gasteiger partial charge in [0.25, 0.3) is 0 Å². The van der Waals surface area contributed by atoms with Crippen molar-refractivity contribution >= 4 is 35.2 Å². The molecule has 0 bridgehead atoms. The van der Waals surface area contributed by atoms with Gasteiger partial charge in [0.15, 0.2) is 0 Å². The van der Waals surface area contributed by atoms with Gasteiger partial charge in [0.1, 0.15) is 6.04 Å². The molecule has 0 aliphatic rings. The Bertz CT molecular complexity index is 811. The molecule has 2 rings (SSSR count). The summed E-state index contributed by atoms with van der Waals surface area (Å²) in [6.45, 7) is 6.84. The van der Waals surface area contributed by atoms with Crippen LogP contribution in [0.2, 0.25) is 5.02 Å². The maximum Gasteiger partial charge on any atom is 0.242 e. The van der Waals surface area contributed by atoms with Crippen molar-refractivity contribution in [3.8, 4) is 0 Å². The zero-order valence-corrected chi connectivity index (χ0v) is 18.9. The molecule has 0 aliphatic carbocycles. The average Bonchev–Trinajstić information content (AvgIpc) is 2.72. The molecule has 0 aromatic heterocycles. The van der Waals surface area contributed by atoms with Crippen molar-refractivity contribution in [3.05, 3.63) is 70.2 Å². The van der Waals surface area contributed by atoms with Crippen LogP contribution in [0.4, 0.5) is 0 Å². The third kappa shape index (κ3) is 7.41. The molecule has 156 valence electrons. The van der Waals surface area contributed by atoms with E-state index < -0.39 is 6.04 Å². The van der Waals surface area contributed by atoms with Crippen molar-refractivity contribution in [1.82, 2.24) is 10.2 Å². The van der Waals surface area contributed by atoms with Gasteiger partial charge in [0.2, 0.25) is 11.8 Å². The van der Waals surface area contributed by atoms with E-state index >= 15 is 0 Å². The highest BCUT2D eigenvalue weighted by atomic mass is 35.5. The zero-order chi connectivity index (χ0) is 21.2. The first-order chi connectivity index (χ1) is 13.9. The second-order valence-electron chi connectivity index (χ2n) is 7.06. The van der Waals surface area contributed by atoms with E-state index in [0.717, 1.165) is 23.1 Å². The van der Waals surface area contributed by atoms with Crippen LogP contribution in [0.15, 0.2) is 48.5 Å². The van der Waals surface area contributed by atoms with Crippen LogP contribution in [0.25, 0.3) is 0 Å². The summed E-state index contributed by atoms with van der Waals surface area (Å²) < 4.78 is 0. The van der Waals surface area contributed by atoms with E-state index in [0.29, 0.717) is 29.6 Å². The summed E-state index contributed by atoms with van der Waals surface area (Å²) >= 11 is 7.71. The van der Waals surface area contributed by atoms with Gasteiger partial charge in [-0.1, -0.05) is 66.6 Å². The van der Waals surface area contributed by atoms with E-state index in [-0.39, 0.29) is 11.8 Å². The van der Waals surface area contributed by atoms with Crippen LogP contribution >= 0.6 is 23.4 Å². The van der Waals surface area contributed by atoms with Crippen LogP contribution < -0.4 is 5.32 Å². The Balaban J connectivity index is 2.05. The highest BCUT2D eigenvalue weighted by Gasteiger charge is 2.25. The van der Waals surface area contributed by atoms with Crippen molar-refractivity contribution in [2.75, 3.05) is 12.3 Å². The first-order valence-corrected chi connectivity index (χ1v) is 11.4. The van der Waals surface area contributed by atoms with Crippen molar-refractivity contribution in [2.24, 2.45) is 0 Å². The lowest BCUT2D eigenvalue weighted by atomic mass is 10.1. The molecule has 0 fully saturated rings. The normalized spacial score (nSPS) is 11.7. The number of hydrogen-bond acceptors (Lipinski definition) is 3. The van der Waals surface area contributed by atoms with E-state index in [1.165, 1.54) is 11.8 Å². The lowest BCUT2D eigenvalue weighted by molar-refractivity contribution is -0.138. The Labute approximate surface area is 183 Å². The maximum absolute atomic E-state index is 13.0. The fraction of sp³-hybridized carbons (Fsp3) is 0.391. The van der Waals surface area contributed by atoms with Crippen molar-refractivity contribution in [1.29, 1.82) is 0 Å².